The first-order valence-corrected chi connectivity index (χ1v) is 5.36. The number of halogens is 1. The van der Waals surface area contributed by atoms with E-state index >= 15 is 0 Å². The Hall–Kier alpha value is 0.0349. The van der Waals surface area contributed by atoms with E-state index in [1.54, 1.807) is 23.9 Å². The summed E-state index contributed by atoms with van der Waals surface area (Å²) in [5.41, 5.74) is 0.508. The summed E-state index contributed by atoms with van der Waals surface area (Å²) >= 11 is 4.85. The van der Waals surface area contributed by atoms with Crippen molar-refractivity contribution in [1.82, 2.24) is 0 Å². The summed E-state index contributed by atoms with van der Waals surface area (Å²) in [5.74, 6) is 0. The van der Waals surface area contributed by atoms with Crippen LogP contribution in [0.5, 0.6) is 0 Å². The first-order valence-electron chi connectivity index (χ1n) is 3.34. The highest BCUT2D eigenvalue weighted by Crippen LogP contribution is 2.18. The molecule has 5 heteroatoms. The molecule has 1 aromatic rings. The van der Waals surface area contributed by atoms with E-state index < -0.39 is 7.12 Å². The number of benzene rings is 1. The minimum Gasteiger partial charge on any atom is -0.423 e. The Bertz CT molecular complexity index is 280. The highest BCUT2D eigenvalue weighted by atomic mass is 79.9. The molecule has 0 radical (unpaired) electrons. The molecule has 2 nitrogen and oxygen atoms in total. The van der Waals surface area contributed by atoms with E-state index in [2.05, 4.69) is 15.9 Å². The van der Waals surface area contributed by atoms with Gasteiger partial charge in [0.15, 0.2) is 0 Å². The van der Waals surface area contributed by atoms with Crippen LogP contribution in [-0.2, 0) is 0 Å². The first kappa shape index (κ1) is 10.1. The molecule has 2 N–H and O–H groups in total. The van der Waals surface area contributed by atoms with Gasteiger partial charge in [0, 0.05) is 9.37 Å². The summed E-state index contributed by atoms with van der Waals surface area (Å²) in [6.07, 6.45) is 1.94. The Labute approximate surface area is 84.3 Å². The smallest absolute Gasteiger partial charge is 0.423 e. The fourth-order valence-corrected chi connectivity index (χ4v) is 2.01. The Kier molecular flexibility index (Phi) is 3.64. The van der Waals surface area contributed by atoms with Crippen molar-refractivity contribution in [3.05, 3.63) is 22.7 Å². The van der Waals surface area contributed by atoms with Crippen molar-refractivity contribution in [2.75, 3.05) is 6.26 Å². The number of hydrogen-bond acceptors (Lipinski definition) is 3. The van der Waals surface area contributed by atoms with Gasteiger partial charge in [-0.2, -0.15) is 0 Å². The number of thioether (sulfide) groups is 1. The van der Waals surface area contributed by atoms with Gasteiger partial charge in [-0.3, -0.25) is 0 Å². The molecule has 0 aliphatic heterocycles. The van der Waals surface area contributed by atoms with Crippen molar-refractivity contribution in [2.24, 2.45) is 0 Å². The summed E-state index contributed by atoms with van der Waals surface area (Å²) in [5, 5.41) is 17.8. The highest BCUT2D eigenvalue weighted by Gasteiger charge is 2.11. The Morgan fingerprint density at radius 1 is 1.33 bits per heavy atom. The fraction of sp³-hybridized carbons (Fsp3) is 0.143. The van der Waals surface area contributed by atoms with Crippen molar-refractivity contribution in [3.63, 3.8) is 0 Å². The number of rotatable bonds is 2. The van der Waals surface area contributed by atoms with Crippen LogP contribution < -0.4 is 5.46 Å². The highest BCUT2D eigenvalue weighted by molar-refractivity contribution is 9.10. The van der Waals surface area contributed by atoms with Crippen LogP contribution in [0.25, 0.3) is 0 Å². The van der Waals surface area contributed by atoms with Gasteiger partial charge < -0.3 is 10.0 Å². The molecule has 1 rings (SSSR count). The molecular weight excluding hydrogens is 239 g/mol. The van der Waals surface area contributed by atoms with Crippen LogP contribution in [0.4, 0.5) is 0 Å². The van der Waals surface area contributed by atoms with Crippen molar-refractivity contribution < 1.29 is 10.0 Å². The molecule has 0 amide bonds. The summed E-state index contributed by atoms with van der Waals surface area (Å²) in [4.78, 5) is 1.01. The fourth-order valence-electron chi connectivity index (χ4n) is 0.851. The van der Waals surface area contributed by atoms with Crippen LogP contribution in [0.15, 0.2) is 27.6 Å². The van der Waals surface area contributed by atoms with Crippen LogP contribution in [0.3, 0.4) is 0 Å². The maximum atomic E-state index is 8.89. The largest absolute Gasteiger partial charge is 0.488 e. The van der Waals surface area contributed by atoms with Gasteiger partial charge in [0.2, 0.25) is 0 Å². The van der Waals surface area contributed by atoms with E-state index in [0.29, 0.717) is 5.46 Å². The van der Waals surface area contributed by atoms with Crippen molar-refractivity contribution in [3.8, 4) is 0 Å². The topological polar surface area (TPSA) is 40.5 Å². The van der Waals surface area contributed by atoms with E-state index in [0.717, 1.165) is 9.37 Å². The van der Waals surface area contributed by atoms with Crippen LogP contribution >= 0.6 is 27.7 Å². The van der Waals surface area contributed by atoms with E-state index in [-0.39, 0.29) is 0 Å². The lowest BCUT2D eigenvalue weighted by Gasteiger charge is -2.03. The van der Waals surface area contributed by atoms with Gasteiger partial charge >= 0.3 is 7.12 Å². The third-order valence-electron chi connectivity index (χ3n) is 1.43. The standard InChI is InChI=1S/C7H8BBrO2S/c1-12-7-3-5(8(10)11)2-6(9)4-7/h2-4,10-11H,1H3. The zero-order valence-corrected chi connectivity index (χ0v) is 8.89. The molecule has 0 unspecified atom stereocenters. The lowest BCUT2D eigenvalue weighted by molar-refractivity contribution is 0.425. The van der Waals surface area contributed by atoms with E-state index in [4.69, 9.17) is 10.0 Å². The maximum Gasteiger partial charge on any atom is 0.488 e. The predicted octanol–water partition coefficient (Wildman–Crippen LogP) is 0.851. The molecule has 0 saturated heterocycles. The van der Waals surface area contributed by atoms with Crippen LogP contribution in [0.1, 0.15) is 0 Å². The van der Waals surface area contributed by atoms with E-state index in [9.17, 15) is 0 Å². The first-order chi connectivity index (χ1) is 5.63. The molecule has 12 heavy (non-hydrogen) atoms. The van der Waals surface area contributed by atoms with Crippen LogP contribution in [-0.4, -0.2) is 23.4 Å². The molecule has 0 fully saturated rings. The van der Waals surface area contributed by atoms with Gasteiger partial charge in [-0.1, -0.05) is 15.9 Å². The molecule has 64 valence electrons. The molecule has 0 spiro atoms. The van der Waals surface area contributed by atoms with E-state index in [1.165, 1.54) is 0 Å². The predicted molar refractivity (Wildman–Crippen MR) is 55.7 cm³/mol. The maximum absolute atomic E-state index is 8.89. The van der Waals surface area contributed by atoms with Crippen molar-refractivity contribution in [2.45, 2.75) is 4.90 Å². The van der Waals surface area contributed by atoms with Crippen LogP contribution in [0, 0.1) is 0 Å². The van der Waals surface area contributed by atoms with Gasteiger partial charge in [-0.25, -0.2) is 0 Å². The zero-order valence-electron chi connectivity index (χ0n) is 6.49. The molecular formula is C7H8BBrO2S. The molecule has 0 heterocycles. The van der Waals surface area contributed by atoms with Gasteiger partial charge in [-0.05, 0) is 29.9 Å². The molecule has 0 bridgehead atoms. The third-order valence-corrected chi connectivity index (χ3v) is 2.59. The molecule has 0 atom stereocenters. The average molecular weight is 247 g/mol. The van der Waals surface area contributed by atoms with E-state index in [1.807, 2.05) is 12.3 Å². The van der Waals surface area contributed by atoms with Gasteiger partial charge in [0.1, 0.15) is 0 Å². The Morgan fingerprint density at radius 2 is 2.00 bits per heavy atom. The molecule has 0 aliphatic rings. The molecule has 1 aromatic carbocycles. The summed E-state index contributed by atoms with van der Waals surface area (Å²) < 4.78 is 0.859. The summed E-state index contributed by atoms with van der Waals surface area (Å²) in [7, 11) is -1.40. The average Bonchev–Trinajstić information content (AvgIpc) is 2.03. The Morgan fingerprint density at radius 3 is 2.50 bits per heavy atom. The lowest BCUT2D eigenvalue weighted by atomic mass is 9.80. The molecule has 0 aliphatic carbocycles. The second-order valence-corrected chi connectivity index (χ2v) is 4.09. The Balaban J connectivity index is 3.06. The SMILES string of the molecule is CSc1cc(Br)cc(B(O)O)c1. The zero-order chi connectivity index (χ0) is 9.14. The molecule has 0 saturated carbocycles. The lowest BCUT2D eigenvalue weighted by Crippen LogP contribution is -2.29. The van der Waals surface area contributed by atoms with Crippen LogP contribution in [0.2, 0.25) is 0 Å². The summed E-state index contributed by atoms with van der Waals surface area (Å²) in [6.45, 7) is 0. The normalized spacial score (nSPS) is 10.0. The second-order valence-electron chi connectivity index (χ2n) is 2.30. The van der Waals surface area contributed by atoms with Gasteiger partial charge in [0.05, 0.1) is 0 Å². The quantitative estimate of drug-likeness (QED) is 0.601. The minimum atomic E-state index is -1.40. The van der Waals surface area contributed by atoms with Gasteiger partial charge in [-0.15, -0.1) is 11.8 Å². The van der Waals surface area contributed by atoms with Gasteiger partial charge in [0.25, 0.3) is 0 Å². The second kappa shape index (κ2) is 4.32. The molecule has 0 aromatic heterocycles. The minimum absolute atomic E-state index is 0.508. The van der Waals surface area contributed by atoms with Crippen molar-refractivity contribution >= 4 is 40.3 Å². The van der Waals surface area contributed by atoms with Crippen molar-refractivity contribution in [1.29, 1.82) is 0 Å². The monoisotopic (exact) mass is 246 g/mol. The third kappa shape index (κ3) is 2.52. The number of hydrogen-bond donors (Lipinski definition) is 2. The summed E-state index contributed by atoms with van der Waals surface area (Å²) in [6, 6.07) is 5.36.